The lowest BCUT2D eigenvalue weighted by atomic mass is 10.1. The summed E-state index contributed by atoms with van der Waals surface area (Å²) >= 11 is 0. The number of halogens is 3. The smallest absolute Gasteiger partial charge is 0.421 e. The van der Waals surface area contributed by atoms with Gasteiger partial charge in [0.15, 0.2) is 0 Å². The Morgan fingerprint density at radius 1 is 1.05 bits per heavy atom. The molecule has 3 aliphatic rings. The van der Waals surface area contributed by atoms with E-state index in [0.717, 1.165) is 47.1 Å². The Hall–Kier alpha value is -4.39. The molecule has 4 aromatic heterocycles. The second kappa shape index (κ2) is 11.3. The van der Waals surface area contributed by atoms with Crippen molar-refractivity contribution in [1.29, 1.82) is 0 Å². The zero-order valence-electron chi connectivity index (χ0n) is 24.2. The van der Waals surface area contributed by atoms with Crippen molar-refractivity contribution in [2.75, 3.05) is 32.0 Å². The summed E-state index contributed by atoms with van der Waals surface area (Å²) in [5, 5.41) is 3.47. The lowest BCUT2D eigenvalue weighted by molar-refractivity contribution is -0.139. The van der Waals surface area contributed by atoms with Crippen LogP contribution < -0.4 is 14.8 Å². The highest BCUT2D eigenvalue weighted by Gasteiger charge is 2.37. The molecular weight excluding hydrogens is 575 g/mol. The maximum Gasteiger partial charge on any atom is 0.421 e. The van der Waals surface area contributed by atoms with Crippen molar-refractivity contribution in [3.05, 3.63) is 65.4 Å². The van der Waals surface area contributed by atoms with Gasteiger partial charge in [-0.05, 0) is 68.5 Å². The number of nitrogens with one attached hydrogen (secondary N) is 2. The number of alkyl halides is 3. The topological polar surface area (TPSA) is 108 Å². The molecule has 2 aliphatic heterocycles. The number of hydrogen-bond donors (Lipinski definition) is 2. The number of likely N-dealkylation sites (tertiary alicyclic amines) is 1. The number of ether oxygens (including phenoxy) is 2. The Kier molecular flexibility index (Phi) is 7.27. The standard InChI is InChI=1S/C31H32F3N7O3/c1-40-9-5-21(6-10-40)44-29-24(31(32,33)34)13-20(15-37-29)38-30(42)41-11-7-25-19(17-41)12-22(16-36-25)43-27-4-8-35-28-23(27)14-26(39-28)18-2-3-18/h4,8,12-16,18,21H,2-3,5-7,9-11,17H2,1H3,(H,35,39)(H,38,42). The molecule has 1 saturated heterocycles. The van der Waals surface area contributed by atoms with Gasteiger partial charge in [-0.2, -0.15) is 13.2 Å². The molecule has 1 aliphatic carbocycles. The third-order valence-corrected chi connectivity index (χ3v) is 8.41. The van der Waals surface area contributed by atoms with E-state index in [4.69, 9.17) is 9.47 Å². The Morgan fingerprint density at radius 3 is 2.64 bits per heavy atom. The molecule has 2 N–H and O–H groups in total. The molecule has 0 spiro atoms. The summed E-state index contributed by atoms with van der Waals surface area (Å²) in [6.45, 7) is 2.07. The van der Waals surface area contributed by atoms with E-state index in [1.165, 1.54) is 23.9 Å². The van der Waals surface area contributed by atoms with Crippen LogP contribution >= 0.6 is 0 Å². The van der Waals surface area contributed by atoms with E-state index in [-0.39, 0.29) is 18.3 Å². The minimum Gasteiger partial charge on any atom is -0.474 e. The van der Waals surface area contributed by atoms with Gasteiger partial charge in [0.1, 0.15) is 28.8 Å². The zero-order chi connectivity index (χ0) is 30.4. The first-order chi connectivity index (χ1) is 21.2. The Bertz CT molecular complexity index is 1700. The van der Waals surface area contributed by atoms with E-state index in [1.54, 1.807) is 18.5 Å². The van der Waals surface area contributed by atoms with E-state index in [1.807, 2.05) is 13.1 Å². The molecule has 0 aromatic carbocycles. The number of H-pyrrole nitrogens is 1. The van der Waals surface area contributed by atoms with E-state index in [0.29, 0.717) is 43.2 Å². The summed E-state index contributed by atoms with van der Waals surface area (Å²) in [6.07, 6.45) is 3.59. The first kappa shape index (κ1) is 28.4. The predicted octanol–water partition coefficient (Wildman–Crippen LogP) is 6.10. The summed E-state index contributed by atoms with van der Waals surface area (Å²) in [4.78, 5) is 33.1. The van der Waals surface area contributed by atoms with Crippen LogP contribution in [0, 0.1) is 0 Å². The van der Waals surface area contributed by atoms with Gasteiger partial charge >= 0.3 is 12.2 Å². The maximum atomic E-state index is 13.9. The number of carbonyl (C=O) groups excluding carboxylic acids is 1. The number of aromatic amines is 1. The summed E-state index contributed by atoms with van der Waals surface area (Å²) in [7, 11) is 1.96. The van der Waals surface area contributed by atoms with Gasteiger partial charge in [-0.15, -0.1) is 0 Å². The number of aromatic nitrogens is 4. The highest BCUT2D eigenvalue weighted by Crippen LogP contribution is 2.42. The molecule has 13 heteroatoms. The molecule has 2 fully saturated rings. The van der Waals surface area contributed by atoms with Crippen molar-refractivity contribution in [1.82, 2.24) is 29.7 Å². The predicted molar refractivity (Wildman–Crippen MR) is 156 cm³/mol. The van der Waals surface area contributed by atoms with Gasteiger partial charge in [0, 0.05) is 50.2 Å². The monoisotopic (exact) mass is 607 g/mol. The number of anilines is 1. The summed E-state index contributed by atoms with van der Waals surface area (Å²) in [5.74, 6) is 1.25. The minimum atomic E-state index is -4.69. The Balaban J connectivity index is 1.04. The van der Waals surface area contributed by atoms with Crippen molar-refractivity contribution in [2.24, 2.45) is 0 Å². The molecule has 0 radical (unpaired) electrons. The number of fused-ring (bicyclic) bond motifs is 2. The fraction of sp³-hybridized carbons (Fsp3) is 0.419. The van der Waals surface area contributed by atoms with Crippen LogP contribution in [-0.4, -0.2) is 68.6 Å². The highest BCUT2D eigenvalue weighted by atomic mass is 19.4. The third-order valence-electron chi connectivity index (χ3n) is 8.41. The molecule has 0 bridgehead atoms. The number of hydrogen-bond acceptors (Lipinski definition) is 7. The van der Waals surface area contributed by atoms with Gasteiger partial charge < -0.3 is 29.6 Å². The molecule has 44 heavy (non-hydrogen) atoms. The molecule has 2 amide bonds. The number of piperidine rings is 1. The van der Waals surface area contributed by atoms with Crippen LogP contribution in [-0.2, 0) is 19.1 Å². The van der Waals surface area contributed by atoms with E-state index < -0.39 is 23.7 Å². The van der Waals surface area contributed by atoms with Gasteiger partial charge in [-0.3, -0.25) is 4.98 Å². The van der Waals surface area contributed by atoms with Crippen LogP contribution in [0.25, 0.3) is 11.0 Å². The van der Waals surface area contributed by atoms with E-state index >= 15 is 0 Å². The largest absolute Gasteiger partial charge is 0.474 e. The fourth-order valence-electron chi connectivity index (χ4n) is 5.77. The number of carbonyl (C=O) groups is 1. The fourth-order valence-corrected chi connectivity index (χ4v) is 5.77. The molecule has 0 unspecified atom stereocenters. The van der Waals surface area contributed by atoms with Crippen molar-refractivity contribution >= 4 is 22.8 Å². The molecule has 6 heterocycles. The van der Waals surface area contributed by atoms with Gasteiger partial charge in [0.05, 0.1) is 23.5 Å². The van der Waals surface area contributed by atoms with E-state index in [9.17, 15) is 18.0 Å². The Labute approximate surface area is 251 Å². The van der Waals surface area contributed by atoms with Crippen LogP contribution in [0.15, 0.2) is 42.9 Å². The van der Waals surface area contributed by atoms with Crippen LogP contribution in [0.3, 0.4) is 0 Å². The van der Waals surface area contributed by atoms with Gasteiger partial charge in [-0.25, -0.2) is 14.8 Å². The molecular formula is C31H32F3N7O3. The summed E-state index contributed by atoms with van der Waals surface area (Å²) in [5.41, 5.74) is 2.50. The van der Waals surface area contributed by atoms with Crippen LogP contribution in [0.5, 0.6) is 17.4 Å². The van der Waals surface area contributed by atoms with Gasteiger partial charge in [0.2, 0.25) is 5.88 Å². The van der Waals surface area contributed by atoms with Crippen molar-refractivity contribution < 1.29 is 27.4 Å². The van der Waals surface area contributed by atoms with Gasteiger partial charge in [0.25, 0.3) is 0 Å². The normalized spacial score (nSPS) is 17.9. The molecule has 10 nitrogen and oxygen atoms in total. The molecule has 0 atom stereocenters. The summed E-state index contributed by atoms with van der Waals surface area (Å²) < 4.78 is 53.7. The van der Waals surface area contributed by atoms with Crippen LogP contribution in [0.1, 0.15) is 54.1 Å². The van der Waals surface area contributed by atoms with Crippen molar-refractivity contribution in [3.8, 4) is 17.4 Å². The second-order valence-electron chi connectivity index (χ2n) is 11.7. The van der Waals surface area contributed by atoms with Crippen molar-refractivity contribution in [3.63, 3.8) is 0 Å². The van der Waals surface area contributed by atoms with Crippen LogP contribution in [0.2, 0.25) is 0 Å². The average Bonchev–Trinajstić information content (AvgIpc) is 3.76. The molecule has 1 saturated carbocycles. The molecule has 230 valence electrons. The lowest BCUT2D eigenvalue weighted by Gasteiger charge is -2.30. The summed E-state index contributed by atoms with van der Waals surface area (Å²) in [6, 6.07) is 6.09. The number of amides is 2. The van der Waals surface area contributed by atoms with Gasteiger partial charge in [-0.1, -0.05) is 0 Å². The number of urea groups is 1. The first-order valence-electron chi connectivity index (χ1n) is 14.8. The van der Waals surface area contributed by atoms with E-state index in [2.05, 4.69) is 36.2 Å². The number of rotatable bonds is 6. The number of nitrogens with zero attached hydrogens (tertiary/aromatic N) is 5. The quantitative estimate of drug-likeness (QED) is 0.273. The second-order valence-corrected chi connectivity index (χ2v) is 11.7. The molecule has 7 rings (SSSR count). The Morgan fingerprint density at radius 2 is 1.86 bits per heavy atom. The zero-order valence-corrected chi connectivity index (χ0v) is 24.2. The third kappa shape index (κ3) is 6.01. The maximum absolute atomic E-state index is 13.9. The highest BCUT2D eigenvalue weighted by molar-refractivity contribution is 5.89. The SMILES string of the molecule is CN1CCC(Oc2ncc(NC(=O)N3CCc4ncc(Oc5ccnc6[nH]c(C7CC7)cc56)cc4C3)cc2C(F)(F)F)CC1. The minimum absolute atomic E-state index is 0.0576. The molecule has 4 aromatic rings. The first-order valence-corrected chi connectivity index (χ1v) is 14.8. The lowest BCUT2D eigenvalue weighted by Crippen LogP contribution is -2.39. The number of pyridine rings is 3. The average molecular weight is 608 g/mol. The van der Waals surface area contributed by atoms with Crippen LogP contribution in [0.4, 0.5) is 23.7 Å². The van der Waals surface area contributed by atoms with Crippen molar-refractivity contribution in [2.45, 2.75) is 56.8 Å².